The van der Waals surface area contributed by atoms with Crippen LogP contribution in [-0.4, -0.2) is 36.9 Å². The highest BCUT2D eigenvalue weighted by Crippen LogP contribution is 2.27. The van der Waals surface area contributed by atoms with Gasteiger partial charge in [0.1, 0.15) is 5.75 Å². The summed E-state index contributed by atoms with van der Waals surface area (Å²) in [7, 11) is 1.54. The second-order valence-corrected chi connectivity index (χ2v) is 6.39. The van der Waals surface area contributed by atoms with Gasteiger partial charge in [-0.05, 0) is 42.8 Å². The predicted octanol–water partition coefficient (Wildman–Crippen LogP) is 3.77. The SMILES string of the molecule is CCN(Cc1cccc(NCC(=O)Nc2ccc(OC)c(Cl)c2)c1)C(C)=O. The van der Waals surface area contributed by atoms with Gasteiger partial charge >= 0.3 is 0 Å². The van der Waals surface area contributed by atoms with Crippen LogP contribution in [-0.2, 0) is 16.1 Å². The standard InChI is InChI=1S/C20H24ClN3O3/c1-4-24(14(2)25)13-15-6-5-7-16(10-15)22-12-20(26)23-17-8-9-19(27-3)18(21)11-17/h5-11,22H,4,12-13H2,1-3H3,(H,23,26). The van der Waals surface area contributed by atoms with Crippen LogP contribution in [0, 0.1) is 0 Å². The summed E-state index contributed by atoms with van der Waals surface area (Å²) in [4.78, 5) is 25.5. The zero-order valence-corrected chi connectivity index (χ0v) is 16.5. The van der Waals surface area contributed by atoms with Crippen LogP contribution in [0.5, 0.6) is 5.75 Å². The smallest absolute Gasteiger partial charge is 0.243 e. The van der Waals surface area contributed by atoms with Gasteiger partial charge in [-0.3, -0.25) is 9.59 Å². The van der Waals surface area contributed by atoms with Crippen molar-refractivity contribution in [1.29, 1.82) is 0 Å². The summed E-state index contributed by atoms with van der Waals surface area (Å²) >= 11 is 6.06. The summed E-state index contributed by atoms with van der Waals surface area (Å²) in [5.41, 5.74) is 2.41. The van der Waals surface area contributed by atoms with E-state index >= 15 is 0 Å². The first kappa shape index (κ1) is 20.6. The summed E-state index contributed by atoms with van der Waals surface area (Å²) in [6.07, 6.45) is 0. The Kier molecular flexibility index (Phi) is 7.49. The fourth-order valence-electron chi connectivity index (χ4n) is 2.58. The maximum Gasteiger partial charge on any atom is 0.243 e. The molecule has 7 heteroatoms. The molecule has 0 aliphatic carbocycles. The second-order valence-electron chi connectivity index (χ2n) is 5.98. The van der Waals surface area contributed by atoms with Crippen molar-refractivity contribution in [3.63, 3.8) is 0 Å². The lowest BCUT2D eigenvalue weighted by Crippen LogP contribution is -2.27. The van der Waals surface area contributed by atoms with Gasteiger partial charge in [-0.1, -0.05) is 23.7 Å². The third-order valence-corrected chi connectivity index (χ3v) is 4.31. The molecule has 0 saturated heterocycles. The molecule has 2 aromatic carbocycles. The molecule has 0 heterocycles. The van der Waals surface area contributed by atoms with Crippen molar-refractivity contribution in [2.24, 2.45) is 0 Å². The molecule has 0 spiro atoms. The first-order chi connectivity index (χ1) is 12.9. The van der Waals surface area contributed by atoms with Crippen molar-refractivity contribution in [3.05, 3.63) is 53.1 Å². The summed E-state index contributed by atoms with van der Waals surface area (Å²) in [5.74, 6) is 0.394. The molecule has 0 saturated carbocycles. The van der Waals surface area contributed by atoms with Gasteiger partial charge in [0.2, 0.25) is 11.8 Å². The van der Waals surface area contributed by atoms with E-state index in [9.17, 15) is 9.59 Å². The molecular formula is C20H24ClN3O3. The topological polar surface area (TPSA) is 70.7 Å². The lowest BCUT2D eigenvalue weighted by molar-refractivity contribution is -0.129. The molecule has 2 N–H and O–H groups in total. The van der Waals surface area contributed by atoms with Gasteiger partial charge in [0.05, 0.1) is 18.7 Å². The molecule has 0 atom stereocenters. The molecule has 6 nitrogen and oxygen atoms in total. The highest BCUT2D eigenvalue weighted by atomic mass is 35.5. The number of amides is 2. The van der Waals surface area contributed by atoms with Gasteiger partial charge in [0.25, 0.3) is 0 Å². The van der Waals surface area contributed by atoms with E-state index in [0.717, 1.165) is 11.3 Å². The van der Waals surface area contributed by atoms with E-state index in [-0.39, 0.29) is 18.4 Å². The number of carbonyl (C=O) groups excluding carboxylic acids is 2. The number of methoxy groups -OCH3 is 1. The molecule has 0 radical (unpaired) electrons. The highest BCUT2D eigenvalue weighted by molar-refractivity contribution is 6.32. The predicted molar refractivity (Wildman–Crippen MR) is 108 cm³/mol. The minimum atomic E-state index is -0.194. The maximum absolute atomic E-state index is 12.1. The number of rotatable bonds is 8. The Balaban J connectivity index is 1.92. The fourth-order valence-corrected chi connectivity index (χ4v) is 2.84. The summed E-state index contributed by atoms with van der Waals surface area (Å²) in [6.45, 7) is 4.80. The fraction of sp³-hybridized carbons (Fsp3) is 0.300. The lowest BCUT2D eigenvalue weighted by atomic mass is 10.2. The Bertz CT molecular complexity index is 811. The van der Waals surface area contributed by atoms with E-state index in [2.05, 4.69) is 10.6 Å². The summed E-state index contributed by atoms with van der Waals surface area (Å²) in [6, 6.07) is 12.7. The van der Waals surface area contributed by atoms with Gasteiger partial charge in [-0.25, -0.2) is 0 Å². The molecule has 0 unspecified atom stereocenters. The Labute approximate surface area is 164 Å². The van der Waals surface area contributed by atoms with Crippen LogP contribution < -0.4 is 15.4 Å². The van der Waals surface area contributed by atoms with Crippen molar-refractivity contribution in [2.45, 2.75) is 20.4 Å². The average Bonchev–Trinajstić information content (AvgIpc) is 2.65. The van der Waals surface area contributed by atoms with E-state index in [1.54, 1.807) is 30.0 Å². The Morgan fingerprint density at radius 3 is 2.56 bits per heavy atom. The average molecular weight is 390 g/mol. The minimum Gasteiger partial charge on any atom is -0.495 e. The molecule has 0 bridgehead atoms. The first-order valence-corrected chi connectivity index (χ1v) is 9.02. The van der Waals surface area contributed by atoms with E-state index < -0.39 is 0 Å². The van der Waals surface area contributed by atoms with Crippen molar-refractivity contribution in [3.8, 4) is 5.75 Å². The minimum absolute atomic E-state index is 0.0355. The Hall–Kier alpha value is -2.73. The number of halogens is 1. The van der Waals surface area contributed by atoms with Gasteiger partial charge in [-0.2, -0.15) is 0 Å². The molecule has 2 aromatic rings. The molecule has 0 aliphatic heterocycles. The number of ether oxygens (including phenoxy) is 1. The number of nitrogens with zero attached hydrogens (tertiary/aromatic N) is 1. The van der Waals surface area contributed by atoms with Gasteiger partial charge in [0, 0.05) is 31.4 Å². The molecule has 144 valence electrons. The first-order valence-electron chi connectivity index (χ1n) is 8.64. The van der Waals surface area contributed by atoms with Crippen LogP contribution in [0.3, 0.4) is 0 Å². The zero-order chi connectivity index (χ0) is 19.8. The summed E-state index contributed by atoms with van der Waals surface area (Å²) in [5, 5.41) is 6.30. The Morgan fingerprint density at radius 2 is 1.93 bits per heavy atom. The van der Waals surface area contributed by atoms with Crippen LogP contribution in [0.1, 0.15) is 19.4 Å². The molecule has 2 rings (SSSR count). The van der Waals surface area contributed by atoms with Crippen LogP contribution in [0.15, 0.2) is 42.5 Å². The van der Waals surface area contributed by atoms with Crippen molar-refractivity contribution < 1.29 is 14.3 Å². The van der Waals surface area contributed by atoms with Crippen LogP contribution in [0.2, 0.25) is 5.02 Å². The number of carbonyl (C=O) groups is 2. The molecular weight excluding hydrogens is 366 g/mol. The maximum atomic E-state index is 12.1. The number of hydrogen-bond acceptors (Lipinski definition) is 4. The van der Waals surface area contributed by atoms with E-state index in [1.165, 1.54) is 7.11 Å². The largest absolute Gasteiger partial charge is 0.495 e. The number of anilines is 2. The summed E-state index contributed by atoms with van der Waals surface area (Å²) < 4.78 is 5.09. The lowest BCUT2D eigenvalue weighted by Gasteiger charge is -2.19. The monoisotopic (exact) mass is 389 g/mol. The van der Waals surface area contributed by atoms with Gasteiger partial charge in [-0.15, -0.1) is 0 Å². The van der Waals surface area contributed by atoms with Crippen molar-refractivity contribution in [2.75, 3.05) is 30.8 Å². The third-order valence-electron chi connectivity index (χ3n) is 4.02. The molecule has 0 aromatic heterocycles. The Morgan fingerprint density at radius 1 is 1.15 bits per heavy atom. The quantitative estimate of drug-likeness (QED) is 0.721. The third kappa shape index (κ3) is 6.18. The van der Waals surface area contributed by atoms with Crippen molar-refractivity contribution in [1.82, 2.24) is 4.90 Å². The number of hydrogen-bond donors (Lipinski definition) is 2. The van der Waals surface area contributed by atoms with Gasteiger partial charge < -0.3 is 20.3 Å². The van der Waals surface area contributed by atoms with E-state index in [0.29, 0.717) is 29.5 Å². The molecule has 0 fully saturated rings. The van der Waals surface area contributed by atoms with Crippen LogP contribution in [0.4, 0.5) is 11.4 Å². The normalized spacial score (nSPS) is 10.2. The van der Waals surface area contributed by atoms with Crippen LogP contribution in [0.25, 0.3) is 0 Å². The zero-order valence-electron chi connectivity index (χ0n) is 15.7. The van der Waals surface area contributed by atoms with E-state index in [1.807, 2.05) is 31.2 Å². The molecule has 27 heavy (non-hydrogen) atoms. The number of benzene rings is 2. The molecule has 0 aliphatic rings. The van der Waals surface area contributed by atoms with Crippen molar-refractivity contribution >= 4 is 34.8 Å². The number of nitrogens with one attached hydrogen (secondary N) is 2. The van der Waals surface area contributed by atoms with Crippen LogP contribution >= 0.6 is 11.6 Å². The molecule has 2 amide bonds. The second kappa shape index (κ2) is 9.83. The van der Waals surface area contributed by atoms with Gasteiger partial charge in [0.15, 0.2) is 0 Å². The van der Waals surface area contributed by atoms with E-state index in [4.69, 9.17) is 16.3 Å². The highest BCUT2D eigenvalue weighted by Gasteiger charge is 2.08.